The SMILES string of the molecule is CC1CNC(Cc2ccco2)OC1. The van der Waals surface area contributed by atoms with Gasteiger partial charge >= 0.3 is 0 Å². The quantitative estimate of drug-likeness (QED) is 0.749. The number of ether oxygens (including phenoxy) is 1. The summed E-state index contributed by atoms with van der Waals surface area (Å²) in [6.07, 6.45) is 2.64. The summed E-state index contributed by atoms with van der Waals surface area (Å²) in [7, 11) is 0. The van der Waals surface area contributed by atoms with Crippen molar-refractivity contribution in [2.45, 2.75) is 19.6 Å². The molecule has 3 nitrogen and oxygen atoms in total. The van der Waals surface area contributed by atoms with Gasteiger partial charge in [-0.2, -0.15) is 0 Å². The van der Waals surface area contributed by atoms with Crippen LogP contribution >= 0.6 is 0 Å². The summed E-state index contributed by atoms with van der Waals surface area (Å²) in [4.78, 5) is 0. The summed E-state index contributed by atoms with van der Waals surface area (Å²) in [5.41, 5.74) is 0. The number of rotatable bonds is 2. The molecule has 1 aliphatic rings. The van der Waals surface area contributed by atoms with Gasteiger partial charge in [-0.1, -0.05) is 6.92 Å². The molecule has 0 aliphatic carbocycles. The van der Waals surface area contributed by atoms with E-state index in [0.717, 1.165) is 25.3 Å². The van der Waals surface area contributed by atoms with Crippen LogP contribution in [0.25, 0.3) is 0 Å². The molecule has 0 bridgehead atoms. The van der Waals surface area contributed by atoms with Crippen LogP contribution in [0.15, 0.2) is 22.8 Å². The van der Waals surface area contributed by atoms with Crippen LogP contribution in [0.1, 0.15) is 12.7 Å². The van der Waals surface area contributed by atoms with Crippen molar-refractivity contribution >= 4 is 0 Å². The van der Waals surface area contributed by atoms with Gasteiger partial charge in [0.05, 0.1) is 12.9 Å². The van der Waals surface area contributed by atoms with Crippen molar-refractivity contribution < 1.29 is 9.15 Å². The zero-order valence-corrected chi connectivity index (χ0v) is 7.82. The smallest absolute Gasteiger partial charge is 0.115 e. The van der Waals surface area contributed by atoms with E-state index >= 15 is 0 Å². The van der Waals surface area contributed by atoms with E-state index in [4.69, 9.17) is 9.15 Å². The van der Waals surface area contributed by atoms with E-state index in [2.05, 4.69) is 12.2 Å². The first-order valence-corrected chi connectivity index (χ1v) is 4.72. The molecule has 2 rings (SSSR count). The van der Waals surface area contributed by atoms with Crippen molar-refractivity contribution in [3.8, 4) is 0 Å². The van der Waals surface area contributed by atoms with Gasteiger partial charge in [-0.15, -0.1) is 0 Å². The van der Waals surface area contributed by atoms with E-state index in [9.17, 15) is 0 Å². The summed E-state index contributed by atoms with van der Waals surface area (Å²) in [5.74, 6) is 1.60. The molecule has 0 amide bonds. The van der Waals surface area contributed by atoms with Crippen molar-refractivity contribution in [1.29, 1.82) is 0 Å². The first kappa shape index (κ1) is 8.78. The first-order chi connectivity index (χ1) is 6.34. The van der Waals surface area contributed by atoms with Crippen molar-refractivity contribution in [2.75, 3.05) is 13.2 Å². The lowest BCUT2D eigenvalue weighted by atomic mass is 10.1. The van der Waals surface area contributed by atoms with Crippen molar-refractivity contribution in [3.63, 3.8) is 0 Å². The molecule has 13 heavy (non-hydrogen) atoms. The zero-order valence-electron chi connectivity index (χ0n) is 7.82. The number of hydrogen-bond acceptors (Lipinski definition) is 3. The molecule has 3 heteroatoms. The highest BCUT2D eigenvalue weighted by molar-refractivity contribution is 4.99. The van der Waals surface area contributed by atoms with E-state index in [-0.39, 0.29) is 6.23 Å². The summed E-state index contributed by atoms with van der Waals surface area (Å²) in [6, 6.07) is 3.88. The molecule has 1 fully saturated rings. The van der Waals surface area contributed by atoms with Crippen LogP contribution < -0.4 is 5.32 Å². The number of furan rings is 1. The second-order valence-corrected chi connectivity index (χ2v) is 3.62. The van der Waals surface area contributed by atoms with Gasteiger partial charge in [-0.05, 0) is 18.1 Å². The van der Waals surface area contributed by atoms with Gasteiger partial charge in [0.1, 0.15) is 12.0 Å². The van der Waals surface area contributed by atoms with Gasteiger partial charge in [0.15, 0.2) is 0 Å². The molecular formula is C10H15NO2. The Morgan fingerprint density at radius 3 is 3.15 bits per heavy atom. The highest BCUT2D eigenvalue weighted by Crippen LogP contribution is 2.10. The van der Waals surface area contributed by atoms with Gasteiger partial charge in [0.25, 0.3) is 0 Å². The Balaban J connectivity index is 1.83. The average molecular weight is 181 g/mol. The lowest BCUT2D eigenvalue weighted by Gasteiger charge is -2.27. The van der Waals surface area contributed by atoms with Crippen molar-refractivity contribution in [3.05, 3.63) is 24.2 Å². The molecule has 1 aromatic heterocycles. The molecule has 2 heterocycles. The van der Waals surface area contributed by atoms with Gasteiger partial charge < -0.3 is 9.15 Å². The Bertz CT molecular complexity index is 237. The monoisotopic (exact) mass is 181 g/mol. The maximum Gasteiger partial charge on any atom is 0.115 e. The van der Waals surface area contributed by atoms with E-state index < -0.39 is 0 Å². The van der Waals surface area contributed by atoms with Crippen LogP contribution in [-0.4, -0.2) is 19.4 Å². The minimum absolute atomic E-state index is 0.127. The number of hydrogen-bond donors (Lipinski definition) is 1. The van der Waals surface area contributed by atoms with Gasteiger partial charge in [0.2, 0.25) is 0 Å². The minimum Gasteiger partial charge on any atom is -0.469 e. The minimum atomic E-state index is 0.127. The van der Waals surface area contributed by atoms with E-state index in [1.54, 1.807) is 6.26 Å². The molecule has 1 aromatic rings. The summed E-state index contributed by atoms with van der Waals surface area (Å²) >= 11 is 0. The molecular weight excluding hydrogens is 166 g/mol. The Kier molecular flexibility index (Phi) is 2.66. The standard InChI is InChI=1S/C10H15NO2/c1-8-6-11-10(13-7-8)5-9-3-2-4-12-9/h2-4,8,10-11H,5-7H2,1H3. The van der Waals surface area contributed by atoms with Crippen molar-refractivity contribution in [1.82, 2.24) is 5.32 Å². The fourth-order valence-electron chi connectivity index (χ4n) is 1.47. The Morgan fingerprint density at radius 2 is 2.54 bits per heavy atom. The molecule has 1 saturated heterocycles. The van der Waals surface area contributed by atoms with Gasteiger partial charge in [0, 0.05) is 13.0 Å². The summed E-state index contributed by atoms with van der Waals surface area (Å²) in [6.45, 7) is 4.06. The fourth-order valence-corrected chi connectivity index (χ4v) is 1.47. The molecule has 1 aliphatic heterocycles. The lowest BCUT2D eigenvalue weighted by molar-refractivity contribution is -0.0251. The average Bonchev–Trinajstić information content (AvgIpc) is 2.62. The number of nitrogens with one attached hydrogen (secondary N) is 1. The van der Waals surface area contributed by atoms with Crippen LogP contribution in [0.4, 0.5) is 0 Å². The van der Waals surface area contributed by atoms with E-state index in [1.807, 2.05) is 12.1 Å². The Hall–Kier alpha value is -0.800. The van der Waals surface area contributed by atoms with Crippen molar-refractivity contribution in [2.24, 2.45) is 5.92 Å². The molecule has 0 spiro atoms. The second kappa shape index (κ2) is 3.94. The topological polar surface area (TPSA) is 34.4 Å². The van der Waals surface area contributed by atoms with Crippen LogP contribution in [-0.2, 0) is 11.2 Å². The predicted molar refractivity (Wildman–Crippen MR) is 49.3 cm³/mol. The molecule has 72 valence electrons. The summed E-state index contributed by atoms with van der Waals surface area (Å²) < 4.78 is 10.8. The molecule has 0 saturated carbocycles. The zero-order chi connectivity index (χ0) is 9.10. The molecule has 2 unspecified atom stereocenters. The van der Waals surface area contributed by atoms with Crippen LogP contribution in [0.3, 0.4) is 0 Å². The van der Waals surface area contributed by atoms with E-state index in [0.29, 0.717) is 5.92 Å². The molecule has 0 aromatic carbocycles. The second-order valence-electron chi connectivity index (χ2n) is 3.62. The molecule has 1 N–H and O–H groups in total. The summed E-state index contributed by atoms with van der Waals surface area (Å²) in [5, 5.41) is 3.32. The fraction of sp³-hybridized carbons (Fsp3) is 0.600. The van der Waals surface area contributed by atoms with E-state index in [1.165, 1.54) is 0 Å². The van der Waals surface area contributed by atoms with Crippen LogP contribution in [0.5, 0.6) is 0 Å². The third-order valence-electron chi connectivity index (χ3n) is 2.24. The Morgan fingerprint density at radius 1 is 1.62 bits per heavy atom. The third kappa shape index (κ3) is 2.32. The maximum atomic E-state index is 5.59. The highest BCUT2D eigenvalue weighted by Gasteiger charge is 2.18. The Labute approximate surface area is 78.1 Å². The predicted octanol–water partition coefficient (Wildman–Crippen LogP) is 1.40. The van der Waals surface area contributed by atoms with Crippen LogP contribution in [0, 0.1) is 5.92 Å². The van der Waals surface area contributed by atoms with Gasteiger partial charge in [-0.25, -0.2) is 0 Å². The maximum absolute atomic E-state index is 5.59. The van der Waals surface area contributed by atoms with Gasteiger partial charge in [-0.3, -0.25) is 5.32 Å². The molecule has 0 radical (unpaired) electrons. The lowest BCUT2D eigenvalue weighted by Crippen LogP contribution is -2.43. The molecule has 2 atom stereocenters. The third-order valence-corrected chi connectivity index (χ3v) is 2.24. The first-order valence-electron chi connectivity index (χ1n) is 4.72. The van der Waals surface area contributed by atoms with Crippen LogP contribution in [0.2, 0.25) is 0 Å². The normalized spacial score (nSPS) is 29.0. The highest BCUT2D eigenvalue weighted by atomic mass is 16.5. The largest absolute Gasteiger partial charge is 0.469 e.